The fourth-order valence-corrected chi connectivity index (χ4v) is 2.93. The molecule has 0 spiro atoms. The van der Waals surface area contributed by atoms with Gasteiger partial charge in [-0.3, -0.25) is 4.90 Å². The zero-order valence-corrected chi connectivity index (χ0v) is 13.6. The van der Waals surface area contributed by atoms with Crippen molar-refractivity contribution in [1.82, 2.24) is 10.2 Å². The van der Waals surface area contributed by atoms with E-state index in [1.54, 1.807) is 6.07 Å². The van der Waals surface area contributed by atoms with Gasteiger partial charge in [-0.1, -0.05) is 25.4 Å². The van der Waals surface area contributed by atoms with Crippen LogP contribution >= 0.6 is 24.0 Å². The second-order valence-electron chi connectivity index (χ2n) is 5.63. The van der Waals surface area contributed by atoms with E-state index in [1.807, 2.05) is 6.07 Å². The average molecular weight is 321 g/mol. The molecule has 1 aromatic carbocycles. The van der Waals surface area contributed by atoms with Crippen LogP contribution in [0.15, 0.2) is 18.2 Å². The van der Waals surface area contributed by atoms with E-state index in [2.05, 4.69) is 24.1 Å². The van der Waals surface area contributed by atoms with Crippen LogP contribution in [0.1, 0.15) is 31.9 Å². The predicted octanol–water partition coefficient (Wildman–Crippen LogP) is 3.89. The first-order valence-corrected chi connectivity index (χ1v) is 7.35. The van der Waals surface area contributed by atoms with Gasteiger partial charge in [0.25, 0.3) is 0 Å². The number of piperazine rings is 1. The Morgan fingerprint density at radius 2 is 1.90 bits per heavy atom. The topological polar surface area (TPSA) is 15.3 Å². The van der Waals surface area contributed by atoms with Crippen molar-refractivity contribution < 1.29 is 4.39 Å². The molecule has 0 aromatic heterocycles. The summed E-state index contributed by atoms with van der Waals surface area (Å²) < 4.78 is 13.6. The van der Waals surface area contributed by atoms with Gasteiger partial charge in [0.15, 0.2) is 0 Å². The van der Waals surface area contributed by atoms with Crippen LogP contribution in [-0.2, 0) is 0 Å². The van der Waals surface area contributed by atoms with Gasteiger partial charge < -0.3 is 5.32 Å². The Labute approximate surface area is 132 Å². The SMILES string of the molecule is CC(C)C[C@@H](c1cc(F)cc(Cl)c1)N1CCNCC1.Cl. The van der Waals surface area contributed by atoms with Crippen LogP contribution < -0.4 is 5.32 Å². The maximum atomic E-state index is 13.6. The van der Waals surface area contributed by atoms with E-state index in [0.717, 1.165) is 38.2 Å². The van der Waals surface area contributed by atoms with E-state index in [-0.39, 0.29) is 24.3 Å². The Morgan fingerprint density at radius 3 is 2.45 bits per heavy atom. The van der Waals surface area contributed by atoms with Gasteiger partial charge in [0.1, 0.15) is 5.82 Å². The van der Waals surface area contributed by atoms with Crippen molar-refractivity contribution in [3.8, 4) is 0 Å². The predicted molar refractivity (Wildman–Crippen MR) is 85.3 cm³/mol. The zero-order chi connectivity index (χ0) is 13.8. The van der Waals surface area contributed by atoms with Crippen LogP contribution in [0.25, 0.3) is 0 Å². The van der Waals surface area contributed by atoms with Crippen molar-refractivity contribution in [2.75, 3.05) is 26.2 Å². The van der Waals surface area contributed by atoms with E-state index >= 15 is 0 Å². The first-order chi connectivity index (χ1) is 9.06. The minimum atomic E-state index is -0.244. The molecule has 1 N–H and O–H groups in total. The molecule has 1 aliphatic heterocycles. The maximum Gasteiger partial charge on any atom is 0.125 e. The molecule has 1 saturated heterocycles. The number of benzene rings is 1. The number of halogens is 3. The van der Waals surface area contributed by atoms with Gasteiger partial charge in [0, 0.05) is 37.2 Å². The third-order valence-electron chi connectivity index (χ3n) is 3.56. The molecule has 1 heterocycles. The van der Waals surface area contributed by atoms with Crippen molar-refractivity contribution >= 4 is 24.0 Å². The number of hydrogen-bond acceptors (Lipinski definition) is 2. The first-order valence-electron chi connectivity index (χ1n) is 6.97. The normalized spacial score (nSPS) is 17.9. The summed E-state index contributed by atoms with van der Waals surface area (Å²) in [5.74, 6) is 0.327. The number of rotatable bonds is 4. The quantitative estimate of drug-likeness (QED) is 0.905. The summed E-state index contributed by atoms with van der Waals surface area (Å²) in [7, 11) is 0. The molecular formula is C15H23Cl2FN2. The van der Waals surface area contributed by atoms with Crippen molar-refractivity contribution in [3.63, 3.8) is 0 Å². The third kappa shape index (κ3) is 4.88. The second-order valence-corrected chi connectivity index (χ2v) is 6.07. The van der Waals surface area contributed by atoms with Crippen LogP contribution in [-0.4, -0.2) is 31.1 Å². The standard InChI is InChI=1S/C15H22ClFN2.ClH/c1-11(2)7-15(19-5-3-18-4-6-19)12-8-13(16)10-14(17)9-12;/h8-11,15,18H,3-7H2,1-2H3;1H/t15-;/m0./s1. The molecule has 2 nitrogen and oxygen atoms in total. The second kappa shape index (κ2) is 8.18. The molecule has 0 bridgehead atoms. The Hall–Kier alpha value is -0.350. The maximum absolute atomic E-state index is 13.6. The Kier molecular flexibility index (Phi) is 7.24. The van der Waals surface area contributed by atoms with E-state index in [0.29, 0.717) is 10.9 Å². The lowest BCUT2D eigenvalue weighted by atomic mass is 9.95. The first kappa shape index (κ1) is 17.7. The fourth-order valence-electron chi connectivity index (χ4n) is 2.70. The van der Waals surface area contributed by atoms with Gasteiger partial charge in [0.2, 0.25) is 0 Å². The van der Waals surface area contributed by atoms with E-state index < -0.39 is 0 Å². The smallest absolute Gasteiger partial charge is 0.125 e. The van der Waals surface area contributed by atoms with Gasteiger partial charge >= 0.3 is 0 Å². The minimum Gasteiger partial charge on any atom is -0.314 e. The molecule has 0 aliphatic carbocycles. The van der Waals surface area contributed by atoms with Crippen LogP contribution in [0.2, 0.25) is 5.02 Å². The highest BCUT2D eigenvalue weighted by Gasteiger charge is 2.23. The lowest BCUT2D eigenvalue weighted by Crippen LogP contribution is -2.45. The summed E-state index contributed by atoms with van der Waals surface area (Å²) in [6.07, 6.45) is 1.03. The van der Waals surface area contributed by atoms with Crippen LogP contribution in [0.4, 0.5) is 4.39 Å². The molecule has 20 heavy (non-hydrogen) atoms. The van der Waals surface area contributed by atoms with Crippen LogP contribution in [0.3, 0.4) is 0 Å². The van der Waals surface area contributed by atoms with Crippen molar-refractivity contribution in [3.05, 3.63) is 34.6 Å². The monoisotopic (exact) mass is 320 g/mol. The average Bonchev–Trinajstić information content (AvgIpc) is 2.35. The highest BCUT2D eigenvalue weighted by molar-refractivity contribution is 6.30. The molecule has 1 fully saturated rings. The highest BCUT2D eigenvalue weighted by Crippen LogP contribution is 2.30. The molecule has 1 aromatic rings. The van der Waals surface area contributed by atoms with Gasteiger partial charge in [-0.25, -0.2) is 4.39 Å². The van der Waals surface area contributed by atoms with Gasteiger partial charge in [-0.05, 0) is 36.1 Å². The third-order valence-corrected chi connectivity index (χ3v) is 3.77. The summed E-state index contributed by atoms with van der Waals surface area (Å²) in [5.41, 5.74) is 1.00. The molecule has 0 amide bonds. The largest absolute Gasteiger partial charge is 0.314 e. The summed E-state index contributed by atoms with van der Waals surface area (Å²) >= 11 is 6.00. The van der Waals surface area contributed by atoms with Gasteiger partial charge in [-0.2, -0.15) is 0 Å². The molecule has 0 saturated carbocycles. The number of hydrogen-bond donors (Lipinski definition) is 1. The number of nitrogens with one attached hydrogen (secondary N) is 1. The zero-order valence-electron chi connectivity index (χ0n) is 12.0. The van der Waals surface area contributed by atoms with Gasteiger partial charge in [-0.15, -0.1) is 12.4 Å². The highest BCUT2D eigenvalue weighted by atomic mass is 35.5. The Morgan fingerprint density at radius 1 is 1.25 bits per heavy atom. The molecule has 2 rings (SSSR count). The van der Waals surface area contributed by atoms with Crippen LogP contribution in [0, 0.1) is 11.7 Å². The number of nitrogens with zero attached hydrogens (tertiary/aromatic N) is 1. The van der Waals surface area contributed by atoms with Crippen molar-refractivity contribution in [2.24, 2.45) is 5.92 Å². The summed E-state index contributed by atoms with van der Waals surface area (Å²) in [6.45, 7) is 8.42. The summed E-state index contributed by atoms with van der Waals surface area (Å²) in [4.78, 5) is 2.43. The Balaban J connectivity index is 0.00000200. The van der Waals surface area contributed by atoms with Crippen LogP contribution in [0.5, 0.6) is 0 Å². The molecule has 1 atom stereocenters. The molecule has 0 radical (unpaired) electrons. The molecular weight excluding hydrogens is 298 g/mol. The van der Waals surface area contributed by atoms with Gasteiger partial charge in [0.05, 0.1) is 0 Å². The molecule has 114 valence electrons. The lowest BCUT2D eigenvalue weighted by Gasteiger charge is -2.36. The van der Waals surface area contributed by atoms with E-state index in [4.69, 9.17) is 11.6 Å². The molecule has 1 aliphatic rings. The van der Waals surface area contributed by atoms with E-state index in [1.165, 1.54) is 6.07 Å². The molecule has 5 heteroatoms. The van der Waals surface area contributed by atoms with Crippen molar-refractivity contribution in [2.45, 2.75) is 26.3 Å². The van der Waals surface area contributed by atoms with Crippen molar-refractivity contribution in [1.29, 1.82) is 0 Å². The lowest BCUT2D eigenvalue weighted by molar-refractivity contribution is 0.154. The Bertz CT molecular complexity index is 400. The van der Waals surface area contributed by atoms with E-state index in [9.17, 15) is 4.39 Å². The minimum absolute atomic E-state index is 0. The summed E-state index contributed by atoms with van der Waals surface area (Å²) in [5, 5.41) is 3.84. The summed E-state index contributed by atoms with van der Waals surface area (Å²) in [6, 6.07) is 5.16. The fraction of sp³-hybridized carbons (Fsp3) is 0.600. The molecule has 0 unspecified atom stereocenters.